The molecule has 0 bridgehead atoms. The van der Waals surface area contributed by atoms with Gasteiger partial charge in [-0.1, -0.05) is 29.6 Å². The van der Waals surface area contributed by atoms with Crippen molar-refractivity contribution in [3.05, 3.63) is 22.3 Å². The lowest BCUT2D eigenvalue weighted by Gasteiger charge is -2.23. The van der Waals surface area contributed by atoms with Gasteiger partial charge in [-0.25, -0.2) is 4.98 Å². The second-order valence-electron chi connectivity index (χ2n) is 4.74. The van der Waals surface area contributed by atoms with Gasteiger partial charge in [-0.15, -0.1) is 0 Å². The lowest BCUT2D eigenvalue weighted by molar-refractivity contribution is 0.309. The highest BCUT2D eigenvalue weighted by Crippen LogP contribution is 2.26. The number of hydrogen-bond acceptors (Lipinski definition) is 3. The standard InChI is InChI=1S/C13H18Cl2N4O/c14-10-6-11(15)12(18-8-10)20-5-4-17-13(16)19-7-9-2-1-3-9/h6,8-9H,1-5,7H2,(H3,16,17,19). The Hall–Kier alpha value is -1.20. The topological polar surface area (TPSA) is 72.5 Å². The Labute approximate surface area is 128 Å². The molecule has 0 spiro atoms. The van der Waals surface area contributed by atoms with E-state index in [1.807, 2.05) is 0 Å². The molecule has 0 aliphatic heterocycles. The van der Waals surface area contributed by atoms with Crippen molar-refractivity contribution in [1.29, 1.82) is 0 Å². The van der Waals surface area contributed by atoms with E-state index in [0.29, 0.717) is 41.0 Å². The molecule has 0 saturated heterocycles. The van der Waals surface area contributed by atoms with Gasteiger partial charge in [-0.3, -0.25) is 4.99 Å². The summed E-state index contributed by atoms with van der Waals surface area (Å²) in [5.41, 5.74) is 5.75. The zero-order valence-corrected chi connectivity index (χ0v) is 12.6. The summed E-state index contributed by atoms with van der Waals surface area (Å²) in [6, 6.07) is 1.59. The molecule has 1 saturated carbocycles. The monoisotopic (exact) mass is 316 g/mol. The minimum Gasteiger partial charge on any atom is -0.475 e. The van der Waals surface area contributed by atoms with Crippen LogP contribution in [0.5, 0.6) is 5.88 Å². The average Bonchev–Trinajstić information content (AvgIpc) is 2.35. The predicted octanol–water partition coefficient (Wildman–Crippen LogP) is 2.47. The first-order chi connectivity index (χ1) is 9.65. The number of nitrogens with zero attached hydrogens (tertiary/aromatic N) is 2. The number of pyridine rings is 1. The summed E-state index contributed by atoms with van der Waals surface area (Å²) < 4.78 is 5.43. The Morgan fingerprint density at radius 2 is 2.30 bits per heavy atom. The van der Waals surface area contributed by atoms with Crippen molar-refractivity contribution in [1.82, 2.24) is 10.3 Å². The third-order valence-electron chi connectivity index (χ3n) is 3.17. The van der Waals surface area contributed by atoms with Crippen LogP contribution in [-0.4, -0.2) is 30.6 Å². The van der Waals surface area contributed by atoms with E-state index in [9.17, 15) is 0 Å². The highest BCUT2D eigenvalue weighted by atomic mass is 35.5. The van der Waals surface area contributed by atoms with E-state index in [1.54, 1.807) is 6.07 Å². The van der Waals surface area contributed by atoms with E-state index in [2.05, 4.69) is 15.3 Å². The van der Waals surface area contributed by atoms with E-state index in [4.69, 9.17) is 33.7 Å². The lowest BCUT2D eigenvalue weighted by atomic mass is 9.86. The fraction of sp³-hybridized carbons (Fsp3) is 0.538. The van der Waals surface area contributed by atoms with Crippen molar-refractivity contribution in [2.24, 2.45) is 16.6 Å². The molecule has 7 heteroatoms. The Bertz CT molecular complexity index is 477. The van der Waals surface area contributed by atoms with Gasteiger partial charge in [0, 0.05) is 12.7 Å². The molecular formula is C13H18Cl2N4O. The maximum absolute atomic E-state index is 5.94. The number of nitrogens with two attached hydrogens (primary N) is 1. The number of ether oxygens (including phenoxy) is 1. The SMILES string of the molecule is NC(=NCC1CCC1)NCCOc1ncc(Cl)cc1Cl. The Morgan fingerprint density at radius 3 is 2.95 bits per heavy atom. The molecule has 1 aromatic rings. The van der Waals surface area contributed by atoms with Gasteiger partial charge in [0.2, 0.25) is 5.88 Å². The van der Waals surface area contributed by atoms with E-state index in [1.165, 1.54) is 25.5 Å². The van der Waals surface area contributed by atoms with E-state index >= 15 is 0 Å². The van der Waals surface area contributed by atoms with Crippen LogP contribution < -0.4 is 15.8 Å². The summed E-state index contributed by atoms with van der Waals surface area (Å²) in [6.45, 7) is 1.75. The summed E-state index contributed by atoms with van der Waals surface area (Å²) in [5, 5.41) is 3.87. The normalized spacial score (nSPS) is 15.8. The third-order valence-corrected chi connectivity index (χ3v) is 3.64. The van der Waals surface area contributed by atoms with Gasteiger partial charge in [0.25, 0.3) is 0 Å². The van der Waals surface area contributed by atoms with Gasteiger partial charge in [0.15, 0.2) is 5.96 Å². The smallest absolute Gasteiger partial charge is 0.232 e. The molecule has 3 N–H and O–H groups in total. The molecular weight excluding hydrogens is 299 g/mol. The average molecular weight is 317 g/mol. The van der Waals surface area contributed by atoms with E-state index in [-0.39, 0.29) is 0 Å². The molecule has 1 heterocycles. The van der Waals surface area contributed by atoms with Crippen LogP contribution in [0.3, 0.4) is 0 Å². The van der Waals surface area contributed by atoms with Crippen LogP contribution in [0, 0.1) is 5.92 Å². The van der Waals surface area contributed by atoms with Gasteiger partial charge in [-0.2, -0.15) is 0 Å². The highest BCUT2D eigenvalue weighted by Gasteiger charge is 2.16. The van der Waals surface area contributed by atoms with Crippen molar-refractivity contribution in [3.8, 4) is 5.88 Å². The molecule has 0 atom stereocenters. The van der Waals surface area contributed by atoms with Crippen molar-refractivity contribution in [2.45, 2.75) is 19.3 Å². The van der Waals surface area contributed by atoms with E-state index < -0.39 is 0 Å². The number of aliphatic imine (C=N–C) groups is 1. The molecule has 2 rings (SSSR count). The van der Waals surface area contributed by atoms with Gasteiger partial charge < -0.3 is 15.8 Å². The molecule has 20 heavy (non-hydrogen) atoms. The zero-order valence-electron chi connectivity index (χ0n) is 11.1. The number of guanidine groups is 1. The van der Waals surface area contributed by atoms with Crippen LogP contribution in [0.2, 0.25) is 10.0 Å². The molecule has 1 aliphatic carbocycles. The van der Waals surface area contributed by atoms with Crippen LogP contribution in [-0.2, 0) is 0 Å². The van der Waals surface area contributed by atoms with Crippen molar-refractivity contribution in [3.63, 3.8) is 0 Å². The Balaban J connectivity index is 1.65. The number of halogens is 2. The van der Waals surface area contributed by atoms with Crippen LogP contribution in [0.4, 0.5) is 0 Å². The van der Waals surface area contributed by atoms with Crippen LogP contribution >= 0.6 is 23.2 Å². The molecule has 0 amide bonds. The number of rotatable bonds is 6. The fourth-order valence-electron chi connectivity index (χ4n) is 1.79. The first-order valence-electron chi connectivity index (χ1n) is 6.63. The molecule has 5 nitrogen and oxygen atoms in total. The molecule has 0 unspecified atom stereocenters. The van der Waals surface area contributed by atoms with Crippen LogP contribution in [0.25, 0.3) is 0 Å². The largest absolute Gasteiger partial charge is 0.475 e. The van der Waals surface area contributed by atoms with Crippen molar-refractivity contribution >= 4 is 29.2 Å². The maximum atomic E-state index is 5.94. The van der Waals surface area contributed by atoms with E-state index in [0.717, 1.165) is 6.54 Å². The molecule has 110 valence electrons. The number of hydrogen-bond donors (Lipinski definition) is 2. The van der Waals surface area contributed by atoms with Crippen molar-refractivity contribution < 1.29 is 4.74 Å². The summed E-state index contributed by atoms with van der Waals surface area (Å²) in [7, 11) is 0. The predicted molar refractivity (Wildman–Crippen MR) is 81.6 cm³/mol. The van der Waals surface area contributed by atoms with Gasteiger partial charge in [0.05, 0.1) is 11.6 Å². The summed E-state index contributed by atoms with van der Waals surface area (Å²) in [6.07, 6.45) is 5.34. The van der Waals surface area contributed by atoms with Gasteiger partial charge >= 0.3 is 0 Å². The van der Waals surface area contributed by atoms with Crippen molar-refractivity contribution in [2.75, 3.05) is 19.7 Å². The minimum absolute atomic E-state index is 0.364. The first kappa shape index (κ1) is 15.2. The van der Waals surface area contributed by atoms with Crippen LogP contribution in [0.1, 0.15) is 19.3 Å². The molecule has 1 fully saturated rings. The molecule has 0 aromatic carbocycles. The zero-order chi connectivity index (χ0) is 14.4. The lowest BCUT2D eigenvalue weighted by Crippen LogP contribution is -2.35. The molecule has 1 aliphatic rings. The maximum Gasteiger partial charge on any atom is 0.232 e. The van der Waals surface area contributed by atoms with Gasteiger partial charge in [-0.05, 0) is 24.8 Å². The molecule has 1 aromatic heterocycles. The minimum atomic E-state index is 0.364. The number of aromatic nitrogens is 1. The summed E-state index contributed by atoms with van der Waals surface area (Å²) in [4.78, 5) is 8.29. The Kier molecular flexibility index (Phi) is 5.73. The fourth-order valence-corrected chi connectivity index (χ4v) is 2.23. The second kappa shape index (κ2) is 7.55. The number of nitrogens with one attached hydrogen (secondary N) is 1. The summed E-state index contributed by atoms with van der Waals surface area (Å²) >= 11 is 11.7. The van der Waals surface area contributed by atoms with Gasteiger partial charge in [0.1, 0.15) is 11.6 Å². The second-order valence-corrected chi connectivity index (χ2v) is 5.58. The third kappa shape index (κ3) is 4.72. The first-order valence-corrected chi connectivity index (χ1v) is 7.38. The highest BCUT2D eigenvalue weighted by molar-refractivity contribution is 6.35. The quantitative estimate of drug-likeness (QED) is 0.480. The van der Waals surface area contributed by atoms with Crippen LogP contribution in [0.15, 0.2) is 17.3 Å². The summed E-state index contributed by atoms with van der Waals surface area (Å²) in [5.74, 6) is 1.53. The molecule has 0 radical (unpaired) electrons. The Morgan fingerprint density at radius 1 is 1.50 bits per heavy atom.